The molecule has 0 spiro atoms. The molecule has 0 saturated carbocycles. The fraction of sp³-hybridized carbons (Fsp3) is 0.0833. The second kappa shape index (κ2) is 5.01. The summed E-state index contributed by atoms with van der Waals surface area (Å²) < 4.78 is 18.9. The van der Waals surface area contributed by atoms with Crippen molar-refractivity contribution in [3.63, 3.8) is 0 Å². The lowest BCUT2D eigenvalue weighted by Crippen LogP contribution is -1.92. The Balaban J connectivity index is 2.28. The van der Waals surface area contributed by atoms with E-state index in [1.165, 1.54) is 18.3 Å². The zero-order valence-electron chi connectivity index (χ0n) is 9.08. The van der Waals surface area contributed by atoms with Crippen molar-refractivity contribution in [2.45, 2.75) is 0 Å². The Labute approximate surface area is 103 Å². The minimum Gasteiger partial charge on any atom is -0.453 e. The van der Waals surface area contributed by atoms with Crippen LogP contribution in [0.3, 0.4) is 0 Å². The van der Waals surface area contributed by atoms with E-state index in [9.17, 15) is 4.39 Å². The van der Waals surface area contributed by atoms with Crippen LogP contribution in [0.1, 0.15) is 0 Å². The van der Waals surface area contributed by atoms with Crippen LogP contribution in [0.5, 0.6) is 11.5 Å². The monoisotopic (exact) mass is 252 g/mol. The first kappa shape index (κ1) is 11.7. The summed E-state index contributed by atoms with van der Waals surface area (Å²) >= 11 is 5.66. The van der Waals surface area contributed by atoms with Gasteiger partial charge in [0, 0.05) is 13.1 Å². The molecule has 1 N–H and O–H groups in total. The van der Waals surface area contributed by atoms with E-state index in [0.717, 1.165) is 5.69 Å². The van der Waals surface area contributed by atoms with Crippen LogP contribution in [0.25, 0.3) is 0 Å². The Morgan fingerprint density at radius 2 is 2.18 bits per heavy atom. The van der Waals surface area contributed by atoms with Crippen molar-refractivity contribution in [3.8, 4) is 11.5 Å². The number of anilines is 1. The van der Waals surface area contributed by atoms with Gasteiger partial charge < -0.3 is 10.1 Å². The molecule has 0 aliphatic carbocycles. The standard InChI is InChI=1S/C12H10ClFN2O/c1-15-8-5-9(7-16-6-8)17-11-4-2-3-10(13)12(11)14/h2-7,15H,1H3. The summed E-state index contributed by atoms with van der Waals surface area (Å²) in [6, 6.07) is 6.31. The number of pyridine rings is 1. The first-order valence-corrected chi connectivity index (χ1v) is 5.33. The molecule has 1 aromatic heterocycles. The largest absolute Gasteiger partial charge is 0.453 e. The van der Waals surface area contributed by atoms with Gasteiger partial charge in [0.15, 0.2) is 11.6 Å². The molecule has 0 aliphatic heterocycles. The third kappa shape index (κ3) is 2.65. The number of aromatic nitrogens is 1. The van der Waals surface area contributed by atoms with E-state index in [1.807, 2.05) is 0 Å². The van der Waals surface area contributed by atoms with Crippen molar-refractivity contribution in [2.24, 2.45) is 0 Å². The number of nitrogens with one attached hydrogen (secondary N) is 1. The molecule has 0 bridgehead atoms. The first-order valence-electron chi connectivity index (χ1n) is 4.95. The number of rotatable bonds is 3. The van der Waals surface area contributed by atoms with Crippen LogP contribution in [0, 0.1) is 5.82 Å². The van der Waals surface area contributed by atoms with Crippen LogP contribution in [0.15, 0.2) is 36.7 Å². The van der Waals surface area contributed by atoms with Crippen molar-refractivity contribution in [1.29, 1.82) is 0 Å². The van der Waals surface area contributed by atoms with Crippen molar-refractivity contribution >= 4 is 17.3 Å². The molecule has 17 heavy (non-hydrogen) atoms. The average Bonchev–Trinajstić information content (AvgIpc) is 2.35. The van der Waals surface area contributed by atoms with Crippen LogP contribution < -0.4 is 10.1 Å². The lowest BCUT2D eigenvalue weighted by molar-refractivity contribution is 0.441. The predicted molar refractivity (Wildman–Crippen MR) is 65.3 cm³/mol. The van der Waals surface area contributed by atoms with Gasteiger partial charge in [-0.15, -0.1) is 0 Å². The molecule has 0 atom stereocenters. The molecular formula is C12H10ClFN2O. The van der Waals surface area contributed by atoms with Gasteiger partial charge in [0.05, 0.1) is 23.1 Å². The molecule has 0 amide bonds. The second-order valence-corrected chi connectivity index (χ2v) is 3.72. The molecule has 0 saturated heterocycles. The molecule has 0 radical (unpaired) electrons. The van der Waals surface area contributed by atoms with Gasteiger partial charge in [-0.25, -0.2) is 4.39 Å². The molecule has 88 valence electrons. The molecule has 1 heterocycles. The van der Waals surface area contributed by atoms with Gasteiger partial charge >= 0.3 is 0 Å². The SMILES string of the molecule is CNc1cncc(Oc2cccc(Cl)c2F)c1. The molecule has 3 nitrogen and oxygen atoms in total. The minimum atomic E-state index is -0.580. The Morgan fingerprint density at radius 1 is 1.35 bits per heavy atom. The number of ether oxygens (including phenoxy) is 1. The molecule has 1 aromatic carbocycles. The molecule has 0 aliphatic rings. The Morgan fingerprint density at radius 3 is 2.94 bits per heavy atom. The quantitative estimate of drug-likeness (QED) is 0.904. The maximum absolute atomic E-state index is 13.6. The van der Waals surface area contributed by atoms with E-state index < -0.39 is 5.82 Å². The maximum Gasteiger partial charge on any atom is 0.184 e. The zero-order valence-corrected chi connectivity index (χ0v) is 9.83. The smallest absolute Gasteiger partial charge is 0.184 e. The molecule has 2 aromatic rings. The van der Waals surface area contributed by atoms with Crippen LogP contribution in [0.2, 0.25) is 5.02 Å². The normalized spacial score (nSPS) is 10.1. The van der Waals surface area contributed by atoms with Crippen molar-refractivity contribution in [2.75, 3.05) is 12.4 Å². The zero-order chi connectivity index (χ0) is 12.3. The first-order chi connectivity index (χ1) is 8.20. The third-order valence-corrected chi connectivity index (χ3v) is 2.44. The average molecular weight is 253 g/mol. The summed E-state index contributed by atoms with van der Waals surface area (Å²) in [5.74, 6) is -0.0606. The Hall–Kier alpha value is -1.81. The second-order valence-electron chi connectivity index (χ2n) is 3.31. The minimum absolute atomic E-state index is 0.0280. The highest BCUT2D eigenvalue weighted by Crippen LogP contribution is 2.29. The Kier molecular flexibility index (Phi) is 3.44. The van der Waals surface area contributed by atoms with Gasteiger partial charge in [-0.3, -0.25) is 4.98 Å². The Bertz CT molecular complexity index is 534. The number of benzene rings is 1. The lowest BCUT2D eigenvalue weighted by Gasteiger charge is -2.08. The van der Waals surface area contributed by atoms with Crippen LogP contribution >= 0.6 is 11.6 Å². The highest BCUT2D eigenvalue weighted by Gasteiger charge is 2.08. The van der Waals surface area contributed by atoms with E-state index in [2.05, 4.69) is 10.3 Å². The van der Waals surface area contributed by atoms with Gasteiger partial charge in [0.2, 0.25) is 0 Å². The number of nitrogens with zero attached hydrogens (tertiary/aromatic N) is 1. The summed E-state index contributed by atoms with van der Waals surface area (Å²) in [5.41, 5.74) is 0.782. The summed E-state index contributed by atoms with van der Waals surface area (Å²) in [6.45, 7) is 0. The fourth-order valence-electron chi connectivity index (χ4n) is 1.30. The predicted octanol–water partition coefficient (Wildman–Crippen LogP) is 3.71. The third-order valence-electron chi connectivity index (χ3n) is 2.15. The van der Waals surface area contributed by atoms with Gasteiger partial charge in [-0.2, -0.15) is 0 Å². The maximum atomic E-state index is 13.6. The van der Waals surface area contributed by atoms with Crippen molar-refractivity contribution < 1.29 is 9.13 Å². The highest BCUT2D eigenvalue weighted by molar-refractivity contribution is 6.30. The number of hydrogen-bond donors (Lipinski definition) is 1. The van der Waals surface area contributed by atoms with Crippen molar-refractivity contribution in [1.82, 2.24) is 4.98 Å². The summed E-state index contributed by atoms with van der Waals surface area (Å²) in [4.78, 5) is 3.96. The fourth-order valence-corrected chi connectivity index (χ4v) is 1.47. The highest BCUT2D eigenvalue weighted by atomic mass is 35.5. The van der Waals surface area contributed by atoms with Crippen LogP contribution in [-0.4, -0.2) is 12.0 Å². The van der Waals surface area contributed by atoms with Gasteiger partial charge in [-0.05, 0) is 12.1 Å². The van der Waals surface area contributed by atoms with Crippen LogP contribution in [0.4, 0.5) is 10.1 Å². The molecule has 0 fully saturated rings. The molecule has 2 rings (SSSR count). The van der Waals surface area contributed by atoms with Crippen molar-refractivity contribution in [3.05, 3.63) is 47.5 Å². The molecular weight excluding hydrogens is 243 g/mol. The molecule has 0 unspecified atom stereocenters. The van der Waals surface area contributed by atoms with E-state index in [0.29, 0.717) is 5.75 Å². The van der Waals surface area contributed by atoms with E-state index in [1.54, 1.807) is 25.4 Å². The van der Waals surface area contributed by atoms with E-state index in [4.69, 9.17) is 16.3 Å². The van der Waals surface area contributed by atoms with Gasteiger partial charge in [-0.1, -0.05) is 17.7 Å². The summed E-state index contributed by atoms with van der Waals surface area (Å²) in [7, 11) is 1.76. The van der Waals surface area contributed by atoms with Crippen LogP contribution in [-0.2, 0) is 0 Å². The molecule has 5 heteroatoms. The number of halogens is 2. The van der Waals surface area contributed by atoms with Gasteiger partial charge in [0.25, 0.3) is 0 Å². The van der Waals surface area contributed by atoms with E-state index in [-0.39, 0.29) is 10.8 Å². The summed E-state index contributed by atoms with van der Waals surface area (Å²) in [6.07, 6.45) is 3.14. The summed E-state index contributed by atoms with van der Waals surface area (Å²) in [5, 5.41) is 2.94. The lowest BCUT2D eigenvalue weighted by atomic mass is 10.3. The topological polar surface area (TPSA) is 34.2 Å². The van der Waals surface area contributed by atoms with Gasteiger partial charge in [0.1, 0.15) is 5.75 Å². The number of hydrogen-bond acceptors (Lipinski definition) is 3. The van der Waals surface area contributed by atoms with E-state index >= 15 is 0 Å².